The topological polar surface area (TPSA) is 61.7 Å². The molecule has 140 valence electrons. The second-order valence-corrected chi connectivity index (χ2v) is 7.58. The van der Waals surface area contributed by atoms with Gasteiger partial charge in [0, 0.05) is 37.8 Å². The largest absolute Gasteiger partial charge is 0.356 e. The van der Waals surface area contributed by atoms with Gasteiger partial charge >= 0.3 is 0 Å². The van der Waals surface area contributed by atoms with Gasteiger partial charge < -0.3 is 4.90 Å². The molecular formula is C20H23N5OS. The average molecular weight is 382 g/mol. The van der Waals surface area contributed by atoms with Crippen LogP contribution in [-0.2, 0) is 4.79 Å². The van der Waals surface area contributed by atoms with Crippen molar-refractivity contribution in [2.75, 3.05) is 24.2 Å². The molecule has 2 aliphatic rings. The highest BCUT2D eigenvalue weighted by molar-refractivity contribution is 7.98. The summed E-state index contributed by atoms with van der Waals surface area (Å²) >= 11 is 1.54. The maximum absolute atomic E-state index is 13.1. The molecule has 1 amide bonds. The standard InChI is InChI=1S/C20H23N5OS/c1-27-20-21-11-8-18(23-20)24-13-9-16(10-14-24)19(26)25-17(7-12-22-25)15-5-3-2-4-6-15/h2-6,8,11-12,16-17H,7,9-10,13-14H2,1H3/t17-/m0/s1. The predicted octanol–water partition coefficient (Wildman–Crippen LogP) is 3.37. The van der Waals surface area contributed by atoms with Crippen molar-refractivity contribution in [3.05, 3.63) is 48.2 Å². The number of rotatable bonds is 4. The molecule has 0 spiro atoms. The molecule has 27 heavy (non-hydrogen) atoms. The number of thioether (sulfide) groups is 1. The van der Waals surface area contributed by atoms with E-state index in [1.54, 1.807) is 23.0 Å². The highest BCUT2D eigenvalue weighted by Gasteiger charge is 2.34. The zero-order valence-electron chi connectivity index (χ0n) is 15.4. The van der Waals surface area contributed by atoms with Crippen LogP contribution in [0.15, 0.2) is 52.9 Å². The molecule has 0 bridgehead atoms. The van der Waals surface area contributed by atoms with Crippen LogP contribution in [0.4, 0.5) is 5.82 Å². The number of carbonyl (C=O) groups excluding carboxylic acids is 1. The number of hydrazone groups is 1. The predicted molar refractivity (Wildman–Crippen MR) is 108 cm³/mol. The zero-order chi connectivity index (χ0) is 18.6. The van der Waals surface area contributed by atoms with Gasteiger partial charge in [-0.2, -0.15) is 5.10 Å². The summed E-state index contributed by atoms with van der Waals surface area (Å²) in [5.74, 6) is 1.11. The second kappa shape index (κ2) is 8.08. The fourth-order valence-corrected chi connectivity index (χ4v) is 4.08. The van der Waals surface area contributed by atoms with E-state index in [9.17, 15) is 4.79 Å². The molecule has 0 radical (unpaired) electrons. The van der Waals surface area contributed by atoms with Gasteiger partial charge in [0.1, 0.15) is 5.82 Å². The normalized spacial score (nSPS) is 20.3. The first kappa shape index (κ1) is 18.0. The molecular weight excluding hydrogens is 358 g/mol. The molecule has 2 aliphatic heterocycles. The lowest BCUT2D eigenvalue weighted by atomic mass is 9.94. The first-order valence-corrected chi connectivity index (χ1v) is 10.5. The summed E-state index contributed by atoms with van der Waals surface area (Å²) in [5.41, 5.74) is 1.14. The number of hydrogen-bond acceptors (Lipinski definition) is 6. The minimum Gasteiger partial charge on any atom is -0.356 e. The Kier molecular flexibility index (Phi) is 5.38. The quantitative estimate of drug-likeness (QED) is 0.600. The van der Waals surface area contributed by atoms with E-state index < -0.39 is 0 Å². The molecule has 2 aromatic rings. The zero-order valence-corrected chi connectivity index (χ0v) is 16.2. The van der Waals surface area contributed by atoms with Crippen molar-refractivity contribution < 1.29 is 4.79 Å². The summed E-state index contributed by atoms with van der Waals surface area (Å²) in [6.07, 6.45) is 8.07. The van der Waals surface area contributed by atoms with Gasteiger partial charge in [0.05, 0.1) is 6.04 Å². The van der Waals surface area contributed by atoms with Crippen LogP contribution in [0.2, 0.25) is 0 Å². The SMILES string of the molecule is CSc1nccc(N2CCC(C(=O)N3N=CC[C@H]3c3ccccc3)CC2)n1. The van der Waals surface area contributed by atoms with E-state index >= 15 is 0 Å². The molecule has 0 unspecified atom stereocenters. The summed E-state index contributed by atoms with van der Waals surface area (Å²) in [6, 6.07) is 12.1. The van der Waals surface area contributed by atoms with Crippen molar-refractivity contribution in [3.63, 3.8) is 0 Å². The van der Waals surface area contributed by atoms with Crippen LogP contribution in [0.25, 0.3) is 0 Å². The van der Waals surface area contributed by atoms with Crippen LogP contribution < -0.4 is 4.90 Å². The number of piperidine rings is 1. The lowest BCUT2D eigenvalue weighted by molar-refractivity contribution is -0.138. The second-order valence-electron chi connectivity index (χ2n) is 6.81. The summed E-state index contributed by atoms with van der Waals surface area (Å²) in [5, 5.41) is 6.87. The van der Waals surface area contributed by atoms with E-state index in [2.05, 4.69) is 32.1 Å². The van der Waals surface area contributed by atoms with Crippen LogP contribution in [0.5, 0.6) is 0 Å². The number of carbonyl (C=O) groups is 1. The molecule has 1 aromatic heterocycles. The van der Waals surface area contributed by atoms with Gasteiger partial charge in [-0.3, -0.25) is 4.79 Å². The van der Waals surface area contributed by atoms with Crippen LogP contribution in [0.3, 0.4) is 0 Å². The van der Waals surface area contributed by atoms with E-state index in [-0.39, 0.29) is 17.9 Å². The number of aromatic nitrogens is 2. The van der Waals surface area contributed by atoms with E-state index in [1.165, 1.54) is 0 Å². The first-order valence-electron chi connectivity index (χ1n) is 9.28. The molecule has 1 atom stereocenters. The number of benzene rings is 1. The minimum atomic E-state index is 0.0181. The Hall–Kier alpha value is -2.41. The number of nitrogens with zero attached hydrogens (tertiary/aromatic N) is 5. The Bertz CT molecular complexity index is 820. The fourth-order valence-electron chi connectivity index (χ4n) is 3.73. The maximum atomic E-state index is 13.1. The summed E-state index contributed by atoms with van der Waals surface area (Å²) in [4.78, 5) is 24.1. The van der Waals surface area contributed by atoms with Crippen molar-refractivity contribution >= 4 is 29.7 Å². The molecule has 0 aliphatic carbocycles. The van der Waals surface area contributed by atoms with Crippen LogP contribution in [0, 0.1) is 5.92 Å². The summed E-state index contributed by atoms with van der Waals surface area (Å²) < 4.78 is 0. The maximum Gasteiger partial charge on any atom is 0.246 e. The van der Waals surface area contributed by atoms with Gasteiger partial charge in [-0.25, -0.2) is 15.0 Å². The monoisotopic (exact) mass is 381 g/mol. The van der Waals surface area contributed by atoms with Crippen molar-refractivity contribution in [1.82, 2.24) is 15.0 Å². The van der Waals surface area contributed by atoms with Crippen molar-refractivity contribution in [2.45, 2.75) is 30.5 Å². The fraction of sp³-hybridized carbons (Fsp3) is 0.400. The van der Waals surface area contributed by atoms with Gasteiger partial charge in [-0.15, -0.1) is 0 Å². The summed E-state index contributed by atoms with van der Waals surface area (Å²) in [6.45, 7) is 1.66. The van der Waals surface area contributed by atoms with Gasteiger partial charge in [0.15, 0.2) is 5.16 Å². The van der Waals surface area contributed by atoms with Crippen molar-refractivity contribution in [1.29, 1.82) is 0 Å². The van der Waals surface area contributed by atoms with Gasteiger partial charge in [-0.1, -0.05) is 42.1 Å². The first-order chi connectivity index (χ1) is 13.3. The van der Waals surface area contributed by atoms with E-state index in [0.29, 0.717) is 0 Å². The van der Waals surface area contributed by atoms with Gasteiger partial charge in [0.25, 0.3) is 0 Å². The molecule has 1 fully saturated rings. The van der Waals surface area contributed by atoms with Crippen LogP contribution in [0.1, 0.15) is 30.9 Å². The Labute approximate surface area is 163 Å². The molecule has 1 saturated heterocycles. The average Bonchev–Trinajstić information content (AvgIpc) is 3.24. The number of amides is 1. The van der Waals surface area contributed by atoms with Crippen LogP contribution in [-0.4, -0.2) is 46.4 Å². The van der Waals surface area contributed by atoms with Crippen molar-refractivity contribution in [3.8, 4) is 0 Å². The Balaban J connectivity index is 1.40. The van der Waals surface area contributed by atoms with Crippen molar-refractivity contribution in [2.24, 2.45) is 11.0 Å². The molecule has 7 heteroatoms. The van der Waals surface area contributed by atoms with E-state index in [0.717, 1.165) is 48.9 Å². The van der Waals surface area contributed by atoms with E-state index in [4.69, 9.17) is 0 Å². The molecule has 6 nitrogen and oxygen atoms in total. The molecule has 3 heterocycles. The third-order valence-corrected chi connectivity index (χ3v) is 5.77. The Morgan fingerprint density at radius 2 is 1.93 bits per heavy atom. The third-order valence-electron chi connectivity index (χ3n) is 5.21. The highest BCUT2D eigenvalue weighted by Crippen LogP contribution is 2.32. The van der Waals surface area contributed by atoms with E-state index in [1.807, 2.05) is 36.7 Å². The van der Waals surface area contributed by atoms with Gasteiger partial charge in [0.2, 0.25) is 5.91 Å². The Morgan fingerprint density at radius 3 is 2.67 bits per heavy atom. The third kappa shape index (κ3) is 3.83. The molecule has 4 rings (SSSR count). The van der Waals surface area contributed by atoms with Gasteiger partial charge in [-0.05, 0) is 30.7 Å². The molecule has 1 aromatic carbocycles. The lowest BCUT2D eigenvalue weighted by Gasteiger charge is -2.34. The summed E-state index contributed by atoms with van der Waals surface area (Å²) in [7, 11) is 0. The highest BCUT2D eigenvalue weighted by atomic mass is 32.2. The molecule has 0 N–H and O–H groups in total. The minimum absolute atomic E-state index is 0.0181. The number of hydrogen-bond donors (Lipinski definition) is 0. The Morgan fingerprint density at radius 1 is 1.15 bits per heavy atom. The lowest BCUT2D eigenvalue weighted by Crippen LogP contribution is -2.41. The van der Waals surface area contributed by atoms with Crippen LogP contribution >= 0.6 is 11.8 Å². The molecule has 0 saturated carbocycles. The smallest absolute Gasteiger partial charge is 0.246 e. The number of anilines is 1.